The van der Waals surface area contributed by atoms with E-state index in [0.29, 0.717) is 11.8 Å². The van der Waals surface area contributed by atoms with Crippen LogP contribution in [0.2, 0.25) is 0 Å². The SMILES string of the molecule is C#CC(=O)N1[C@@H](CCCC)Cc2c([nH]c3c(F)cc(F)cc23)[C@@H]1c1ccc(NC23CC4CC(CC(C4)C2)C3)cc1. The highest BCUT2D eigenvalue weighted by Crippen LogP contribution is 2.56. The molecule has 6 heteroatoms. The van der Waals surface area contributed by atoms with Gasteiger partial charge in [-0.25, -0.2) is 8.78 Å². The number of hydrogen-bond donors (Lipinski definition) is 2. The van der Waals surface area contributed by atoms with Gasteiger partial charge in [0.2, 0.25) is 0 Å². The number of H-pyrrole nitrogens is 1. The molecule has 208 valence electrons. The molecule has 5 aliphatic rings. The maximum Gasteiger partial charge on any atom is 0.299 e. The standard InChI is InChI=1S/C34H37F2N3O/c1-3-5-6-26-16-28-27-14-24(35)15-29(36)31(27)37-32(28)33(39(26)30(40)4-2)23-7-9-25(10-8-23)38-34-17-20-11-21(18-34)13-22(12-20)19-34/h2,7-10,14-15,20-22,26,33,37-38H,3,5-6,11-13,16-19H2,1H3/t20?,21?,22?,26-,33-,34?/m0/s1. The molecule has 0 spiro atoms. The molecule has 2 aromatic carbocycles. The van der Waals surface area contributed by atoms with E-state index in [1.165, 1.54) is 44.6 Å². The molecule has 2 N–H and O–H groups in total. The van der Waals surface area contributed by atoms with Gasteiger partial charge in [-0.1, -0.05) is 31.9 Å². The van der Waals surface area contributed by atoms with Gasteiger partial charge in [0.05, 0.1) is 11.6 Å². The summed E-state index contributed by atoms with van der Waals surface area (Å²) < 4.78 is 29.2. The smallest absolute Gasteiger partial charge is 0.299 e. The van der Waals surface area contributed by atoms with Crippen molar-refractivity contribution >= 4 is 22.5 Å². The van der Waals surface area contributed by atoms with E-state index in [-0.39, 0.29) is 23.0 Å². The van der Waals surface area contributed by atoms with Gasteiger partial charge >= 0.3 is 0 Å². The van der Waals surface area contributed by atoms with E-state index in [1.54, 1.807) is 4.90 Å². The fourth-order valence-corrected chi connectivity index (χ4v) is 9.12. The summed E-state index contributed by atoms with van der Waals surface area (Å²) in [6.45, 7) is 2.12. The van der Waals surface area contributed by atoms with E-state index >= 15 is 0 Å². The third-order valence-electron chi connectivity index (χ3n) is 10.3. The zero-order valence-electron chi connectivity index (χ0n) is 23.1. The van der Waals surface area contributed by atoms with Crippen molar-refractivity contribution in [2.45, 2.75) is 88.8 Å². The number of amides is 1. The molecule has 1 aliphatic heterocycles. The molecule has 4 nitrogen and oxygen atoms in total. The summed E-state index contributed by atoms with van der Waals surface area (Å²) in [6, 6.07) is 10.0. The second-order valence-corrected chi connectivity index (χ2v) is 13.0. The molecule has 2 heterocycles. The molecule has 8 rings (SSSR count). The highest BCUT2D eigenvalue weighted by atomic mass is 19.1. The number of nitrogens with zero attached hydrogens (tertiary/aromatic N) is 1. The van der Waals surface area contributed by atoms with E-state index < -0.39 is 17.7 Å². The van der Waals surface area contributed by atoms with Gasteiger partial charge in [-0.15, -0.1) is 6.42 Å². The first kappa shape index (κ1) is 25.6. The van der Waals surface area contributed by atoms with Crippen molar-refractivity contribution in [3.8, 4) is 12.3 Å². The van der Waals surface area contributed by atoms with Gasteiger partial charge in [-0.2, -0.15) is 0 Å². The molecular formula is C34H37F2N3O. The molecule has 2 atom stereocenters. The molecule has 4 fully saturated rings. The molecule has 0 unspecified atom stereocenters. The number of terminal acetylenes is 1. The van der Waals surface area contributed by atoms with Crippen LogP contribution in [-0.4, -0.2) is 27.4 Å². The zero-order valence-corrected chi connectivity index (χ0v) is 23.1. The molecule has 0 saturated heterocycles. The van der Waals surface area contributed by atoms with E-state index in [0.717, 1.165) is 65.6 Å². The summed E-state index contributed by atoms with van der Waals surface area (Å²) in [6.07, 6.45) is 16.9. The molecule has 4 aliphatic carbocycles. The topological polar surface area (TPSA) is 48.1 Å². The maximum atomic E-state index is 14.9. The number of hydrogen-bond acceptors (Lipinski definition) is 2. The Balaban J connectivity index is 1.27. The first-order valence-corrected chi connectivity index (χ1v) is 15.0. The number of benzene rings is 2. The van der Waals surface area contributed by atoms with Crippen LogP contribution in [0.4, 0.5) is 14.5 Å². The van der Waals surface area contributed by atoms with Gasteiger partial charge in [0.15, 0.2) is 0 Å². The monoisotopic (exact) mass is 541 g/mol. The van der Waals surface area contributed by atoms with Gasteiger partial charge in [-0.05, 0) is 104 Å². The largest absolute Gasteiger partial charge is 0.380 e. The lowest BCUT2D eigenvalue weighted by atomic mass is 9.53. The van der Waals surface area contributed by atoms with Crippen molar-refractivity contribution in [2.75, 3.05) is 5.32 Å². The Kier molecular flexibility index (Phi) is 6.18. The van der Waals surface area contributed by atoms with Gasteiger partial charge in [0.1, 0.15) is 11.6 Å². The molecule has 4 saturated carbocycles. The summed E-state index contributed by atoms with van der Waals surface area (Å²) in [5.74, 6) is 3.31. The highest BCUT2D eigenvalue weighted by molar-refractivity contribution is 5.95. The van der Waals surface area contributed by atoms with Crippen LogP contribution >= 0.6 is 0 Å². The number of unbranched alkanes of at least 4 members (excludes halogenated alkanes) is 1. The summed E-state index contributed by atoms with van der Waals surface area (Å²) in [5, 5.41) is 4.49. The molecular weight excluding hydrogens is 504 g/mol. The fraction of sp³-hybridized carbons (Fsp3) is 0.500. The Morgan fingerprint density at radius 2 is 1.77 bits per heavy atom. The maximum absolute atomic E-state index is 14.9. The number of aromatic amines is 1. The van der Waals surface area contributed by atoms with E-state index in [2.05, 4.69) is 47.4 Å². The van der Waals surface area contributed by atoms with Crippen LogP contribution < -0.4 is 5.32 Å². The number of aromatic nitrogens is 1. The van der Waals surface area contributed by atoms with Crippen LogP contribution in [0.25, 0.3) is 10.9 Å². The van der Waals surface area contributed by atoms with Crippen LogP contribution in [0.15, 0.2) is 36.4 Å². The van der Waals surface area contributed by atoms with Crippen LogP contribution in [0.1, 0.15) is 87.6 Å². The van der Waals surface area contributed by atoms with Crippen molar-refractivity contribution in [1.82, 2.24) is 9.88 Å². The Labute approximate surface area is 234 Å². The van der Waals surface area contributed by atoms with Gasteiger partial charge in [-0.3, -0.25) is 4.79 Å². The summed E-state index contributed by atoms with van der Waals surface area (Å²) in [5.41, 5.74) is 4.08. The summed E-state index contributed by atoms with van der Waals surface area (Å²) in [4.78, 5) is 18.3. The second kappa shape index (κ2) is 9.65. The van der Waals surface area contributed by atoms with E-state index in [9.17, 15) is 13.6 Å². The van der Waals surface area contributed by atoms with Gasteiger partial charge in [0, 0.05) is 34.4 Å². The van der Waals surface area contributed by atoms with E-state index in [1.807, 2.05) is 0 Å². The number of fused-ring (bicyclic) bond motifs is 3. The first-order valence-electron chi connectivity index (χ1n) is 15.0. The van der Waals surface area contributed by atoms with Crippen molar-refractivity contribution in [3.63, 3.8) is 0 Å². The molecule has 4 bridgehead atoms. The van der Waals surface area contributed by atoms with Gasteiger partial charge in [0.25, 0.3) is 5.91 Å². The summed E-state index contributed by atoms with van der Waals surface area (Å²) in [7, 11) is 0. The van der Waals surface area contributed by atoms with Crippen LogP contribution in [0.5, 0.6) is 0 Å². The lowest BCUT2D eigenvalue weighted by Gasteiger charge is -2.57. The van der Waals surface area contributed by atoms with Crippen LogP contribution in [-0.2, 0) is 11.2 Å². The van der Waals surface area contributed by atoms with Crippen LogP contribution in [0, 0.1) is 41.7 Å². The molecule has 40 heavy (non-hydrogen) atoms. The highest BCUT2D eigenvalue weighted by Gasteiger charge is 2.51. The molecule has 3 aromatic rings. The minimum Gasteiger partial charge on any atom is -0.380 e. The Morgan fingerprint density at radius 1 is 1.10 bits per heavy atom. The lowest BCUT2D eigenvalue weighted by molar-refractivity contribution is -0.130. The third kappa shape index (κ3) is 4.21. The van der Waals surface area contributed by atoms with Crippen LogP contribution in [0.3, 0.4) is 0 Å². The average Bonchev–Trinajstić information content (AvgIpc) is 3.28. The normalized spacial score (nSPS) is 30.4. The number of carbonyl (C=O) groups is 1. The number of anilines is 1. The fourth-order valence-electron chi connectivity index (χ4n) is 9.12. The average molecular weight is 542 g/mol. The predicted octanol–water partition coefficient (Wildman–Crippen LogP) is 7.49. The van der Waals surface area contributed by atoms with Gasteiger partial charge < -0.3 is 15.2 Å². The quantitative estimate of drug-likeness (QED) is 0.318. The number of rotatable bonds is 6. The molecule has 1 amide bonds. The third-order valence-corrected chi connectivity index (χ3v) is 10.3. The Bertz CT molecular complexity index is 1460. The summed E-state index contributed by atoms with van der Waals surface area (Å²) >= 11 is 0. The second-order valence-electron chi connectivity index (χ2n) is 13.0. The Hall–Kier alpha value is -3.33. The van der Waals surface area contributed by atoms with E-state index in [4.69, 9.17) is 6.42 Å². The van der Waals surface area contributed by atoms with Crippen molar-refractivity contribution < 1.29 is 13.6 Å². The lowest BCUT2D eigenvalue weighted by Crippen LogP contribution is -2.54. The number of nitrogens with one attached hydrogen (secondary N) is 2. The van der Waals surface area contributed by atoms with Crippen molar-refractivity contribution in [2.24, 2.45) is 17.8 Å². The number of carbonyl (C=O) groups excluding carboxylic acids is 1. The number of halogens is 2. The minimum absolute atomic E-state index is 0.156. The minimum atomic E-state index is -0.627. The first-order chi connectivity index (χ1) is 19.4. The molecule has 1 aromatic heterocycles. The Morgan fingerprint density at radius 3 is 2.40 bits per heavy atom. The van der Waals surface area contributed by atoms with Crippen molar-refractivity contribution in [3.05, 3.63) is 64.9 Å². The van der Waals surface area contributed by atoms with Crippen molar-refractivity contribution in [1.29, 1.82) is 0 Å². The zero-order chi connectivity index (χ0) is 27.6. The molecule has 0 radical (unpaired) electrons. The predicted molar refractivity (Wildman–Crippen MR) is 154 cm³/mol.